The Morgan fingerprint density at radius 3 is 2.44 bits per heavy atom. The number of likely N-dealkylation sites (N-methyl/N-ethyl adjacent to an activating group) is 1. The molecule has 2 amide bonds. The molecule has 92 valence electrons. The summed E-state index contributed by atoms with van der Waals surface area (Å²) in [6, 6.07) is -0.820. The molecule has 1 rings (SSSR count). The van der Waals surface area contributed by atoms with Crippen molar-refractivity contribution in [2.75, 3.05) is 13.7 Å². The summed E-state index contributed by atoms with van der Waals surface area (Å²) in [6.07, 6.45) is 5.10. The van der Waals surface area contributed by atoms with Gasteiger partial charge in [0.25, 0.3) is 0 Å². The molecular formula is C11H20N2O3. The molecule has 0 bridgehead atoms. The first-order valence-electron chi connectivity index (χ1n) is 5.82. The monoisotopic (exact) mass is 228 g/mol. The van der Waals surface area contributed by atoms with Gasteiger partial charge in [-0.15, -0.1) is 0 Å². The van der Waals surface area contributed by atoms with Gasteiger partial charge >= 0.3 is 0 Å². The number of rotatable bonds is 4. The largest absolute Gasteiger partial charge is 0.394 e. The summed E-state index contributed by atoms with van der Waals surface area (Å²) in [4.78, 5) is 23.1. The predicted octanol–water partition coefficient (Wildman–Crippen LogP) is -0.210. The van der Waals surface area contributed by atoms with E-state index in [0.29, 0.717) is 0 Å². The van der Waals surface area contributed by atoms with Crippen LogP contribution >= 0.6 is 0 Å². The Hall–Kier alpha value is -1.10. The van der Waals surface area contributed by atoms with E-state index in [2.05, 4.69) is 10.6 Å². The van der Waals surface area contributed by atoms with E-state index >= 15 is 0 Å². The zero-order valence-corrected chi connectivity index (χ0v) is 9.66. The van der Waals surface area contributed by atoms with Gasteiger partial charge in [0.05, 0.1) is 6.61 Å². The second-order valence-electron chi connectivity index (χ2n) is 4.19. The standard InChI is InChI=1S/C11H20N2O3/c1-12-11(16)9(7-14)13-10(15)8-5-3-2-4-6-8/h8-9,14H,2-7H2,1H3,(H,12,16)(H,13,15)/t9-/m0/s1. The van der Waals surface area contributed by atoms with Gasteiger partial charge in [-0.3, -0.25) is 9.59 Å². The van der Waals surface area contributed by atoms with Gasteiger partial charge in [-0.2, -0.15) is 0 Å². The van der Waals surface area contributed by atoms with Crippen molar-refractivity contribution in [1.82, 2.24) is 10.6 Å². The third kappa shape index (κ3) is 3.48. The fraction of sp³-hybridized carbons (Fsp3) is 0.818. The van der Waals surface area contributed by atoms with Crippen LogP contribution in [0.4, 0.5) is 0 Å². The highest BCUT2D eigenvalue weighted by Gasteiger charge is 2.25. The van der Waals surface area contributed by atoms with Gasteiger partial charge in [0.2, 0.25) is 11.8 Å². The summed E-state index contributed by atoms with van der Waals surface area (Å²) in [5.41, 5.74) is 0. The van der Waals surface area contributed by atoms with E-state index in [9.17, 15) is 9.59 Å². The van der Waals surface area contributed by atoms with Gasteiger partial charge in [-0.05, 0) is 12.8 Å². The topological polar surface area (TPSA) is 78.4 Å². The molecule has 0 aliphatic heterocycles. The molecule has 16 heavy (non-hydrogen) atoms. The summed E-state index contributed by atoms with van der Waals surface area (Å²) in [6.45, 7) is -0.363. The number of carbonyl (C=O) groups excluding carboxylic acids is 2. The molecule has 0 radical (unpaired) electrons. The highest BCUT2D eigenvalue weighted by atomic mass is 16.3. The first kappa shape index (κ1) is 13.0. The van der Waals surface area contributed by atoms with Crippen molar-refractivity contribution >= 4 is 11.8 Å². The maximum atomic E-state index is 11.8. The third-order valence-corrected chi connectivity index (χ3v) is 3.04. The molecule has 0 unspecified atom stereocenters. The molecule has 1 aliphatic carbocycles. The second-order valence-corrected chi connectivity index (χ2v) is 4.19. The molecule has 0 aromatic heterocycles. The summed E-state index contributed by atoms with van der Waals surface area (Å²) in [5.74, 6) is -0.457. The predicted molar refractivity (Wildman–Crippen MR) is 59.7 cm³/mol. The fourth-order valence-corrected chi connectivity index (χ4v) is 2.02. The lowest BCUT2D eigenvalue weighted by atomic mass is 9.88. The molecule has 1 saturated carbocycles. The van der Waals surface area contributed by atoms with Crippen LogP contribution in [0.1, 0.15) is 32.1 Å². The van der Waals surface area contributed by atoms with Crippen LogP contribution in [0.2, 0.25) is 0 Å². The lowest BCUT2D eigenvalue weighted by Crippen LogP contribution is -2.49. The van der Waals surface area contributed by atoms with Crippen LogP contribution in [0, 0.1) is 5.92 Å². The lowest BCUT2D eigenvalue weighted by molar-refractivity contribution is -0.132. The Balaban J connectivity index is 2.44. The molecule has 3 N–H and O–H groups in total. The van der Waals surface area contributed by atoms with E-state index in [1.807, 2.05) is 0 Å². The van der Waals surface area contributed by atoms with Crippen LogP contribution in [-0.2, 0) is 9.59 Å². The highest BCUT2D eigenvalue weighted by molar-refractivity contribution is 5.88. The van der Waals surface area contributed by atoms with E-state index in [1.165, 1.54) is 13.5 Å². The third-order valence-electron chi connectivity index (χ3n) is 3.04. The van der Waals surface area contributed by atoms with Crippen LogP contribution in [0.15, 0.2) is 0 Å². The van der Waals surface area contributed by atoms with Crippen LogP contribution in [0.25, 0.3) is 0 Å². The Labute approximate surface area is 95.6 Å². The maximum absolute atomic E-state index is 11.8. The number of aliphatic hydroxyl groups is 1. The number of nitrogens with one attached hydrogen (secondary N) is 2. The molecule has 5 nitrogen and oxygen atoms in total. The normalized spacial score (nSPS) is 18.9. The molecule has 0 heterocycles. The van der Waals surface area contributed by atoms with Gasteiger partial charge < -0.3 is 15.7 Å². The number of hydrogen-bond donors (Lipinski definition) is 3. The van der Waals surface area contributed by atoms with Gasteiger partial charge in [-0.25, -0.2) is 0 Å². The van der Waals surface area contributed by atoms with Crippen LogP contribution in [0.3, 0.4) is 0 Å². The van der Waals surface area contributed by atoms with Crippen molar-refractivity contribution in [3.63, 3.8) is 0 Å². The van der Waals surface area contributed by atoms with E-state index < -0.39 is 6.04 Å². The summed E-state index contributed by atoms with van der Waals surface area (Å²) in [5, 5.41) is 14.0. The van der Waals surface area contributed by atoms with Crippen molar-refractivity contribution in [2.45, 2.75) is 38.1 Å². The molecular weight excluding hydrogens is 208 g/mol. The van der Waals surface area contributed by atoms with E-state index in [0.717, 1.165) is 25.7 Å². The number of carbonyl (C=O) groups is 2. The Kier molecular flexibility index (Phi) is 5.25. The Morgan fingerprint density at radius 2 is 1.94 bits per heavy atom. The minimum atomic E-state index is -0.820. The van der Waals surface area contributed by atoms with E-state index in [4.69, 9.17) is 5.11 Å². The van der Waals surface area contributed by atoms with Gasteiger partial charge in [0.15, 0.2) is 0 Å². The highest BCUT2D eigenvalue weighted by Crippen LogP contribution is 2.23. The fourth-order valence-electron chi connectivity index (χ4n) is 2.02. The van der Waals surface area contributed by atoms with Crippen molar-refractivity contribution in [3.05, 3.63) is 0 Å². The molecule has 5 heteroatoms. The first-order valence-corrected chi connectivity index (χ1v) is 5.82. The number of hydrogen-bond acceptors (Lipinski definition) is 3. The zero-order valence-electron chi connectivity index (χ0n) is 9.66. The lowest BCUT2D eigenvalue weighted by Gasteiger charge is -2.23. The molecule has 0 aromatic carbocycles. The quantitative estimate of drug-likeness (QED) is 0.623. The SMILES string of the molecule is CNC(=O)[C@H](CO)NC(=O)C1CCCCC1. The first-order chi connectivity index (χ1) is 7.69. The molecule has 0 saturated heterocycles. The van der Waals surface area contributed by atoms with Gasteiger partial charge in [-0.1, -0.05) is 19.3 Å². The van der Waals surface area contributed by atoms with Crippen LogP contribution < -0.4 is 10.6 Å². The Bertz CT molecular complexity index is 250. The minimum absolute atomic E-state index is 0.00690. The number of aliphatic hydroxyl groups excluding tert-OH is 1. The van der Waals surface area contributed by atoms with Crippen molar-refractivity contribution < 1.29 is 14.7 Å². The average molecular weight is 228 g/mol. The summed E-state index contributed by atoms with van der Waals surface area (Å²) in [7, 11) is 1.48. The molecule has 1 fully saturated rings. The van der Waals surface area contributed by atoms with Crippen molar-refractivity contribution in [3.8, 4) is 0 Å². The minimum Gasteiger partial charge on any atom is -0.394 e. The molecule has 0 spiro atoms. The average Bonchev–Trinajstić information content (AvgIpc) is 2.35. The molecule has 1 atom stereocenters. The van der Waals surface area contributed by atoms with Crippen LogP contribution in [-0.4, -0.2) is 36.6 Å². The van der Waals surface area contributed by atoms with E-state index in [1.54, 1.807) is 0 Å². The molecule has 0 aromatic rings. The van der Waals surface area contributed by atoms with Crippen molar-refractivity contribution in [2.24, 2.45) is 5.92 Å². The van der Waals surface area contributed by atoms with Gasteiger partial charge in [0.1, 0.15) is 6.04 Å². The van der Waals surface area contributed by atoms with Gasteiger partial charge in [0, 0.05) is 13.0 Å². The summed E-state index contributed by atoms with van der Waals surface area (Å²) >= 11 is 0. The maximum Gasteiger partial charge on any atom is 0.244 e. The van der Waals surface area contributed by atoms with Crippen LogP contribution in [0.5, 0.6) is 0 Å². The Morgan fingerprint density at radius 1 is 1.31 bits per heavy atom. The molecule has 1 aliphatic rings. The smallest absolute Gasteiger partial charge is 0.244 e. The van der Waals surface area contributed by atoms with Crippen molar-refractivity contribution in [1.29, 1.82) is 0 Å². The van der Waals surface area contributed by atoms with E-state index in [-0.39, 0.29) is 24.3 Å². The zero-order chi connectivity index (χ0) is 12.0. The second kappa shape index (κ2) is 6.48. The summed E-state index contributed by atoms with van der Waals surface area (Å²) < 4.78 is 0. The number of amides is 2.